The minimum Gasteiger partial charge on any atom is -0.462 e. The molecule has 1 aliphatic rings. The van der Waals surface area contributed by atoms with Crippen LogP contribution < -0.4 is 16.0 Å². The van der Waals surface area contributed by atoms with Crippen molar-refractivity contribution in [3.8, 4) is 0 Å². The van der Waals surface area contributed by atoms with Gasteiger partial charge < -0.3 is 9.47 Å². The van der Waals surface area contributed by atoms with E-state index in [2.05, 4.69) is 20.1 Å². The topological polar surface area (TPSA) is 123 Å². The van der Waals surface area contributed by atoms with Gasteiger partial charge >= 0.3 is 24.0 Å². The molecule has 19 heavy (non-hydrogen) atoms. The van der Waals surface area contributed by atoms with E-state index < -0.39 is 29.6 Å². The summed E-state index contributed by atoms with van der Waals surface area (Å²) < 4.78 is 9.35. The molecule has 0 radical (unpaired) electrons. The second kappa shape index (κ2) is 6.38. The quantitative estimate of drug-likeness (QED) is 0.270. The molecule has 0 aliphatic carbocycles. The summed E-state index contributed by atoms with van der Waals surface area (Å²) in [4.78, 5) is 45.6. The molecule has 0 spiro atoms. The summed E-state index contributed by atoms with van der Waals surface area (Å²) in [6.45, 7) is 3.14. The third-order valence-corrected chi connectivity index (χ3v) is 1.91. The SMILES string of the molecule is CCOC(=O)C(C(=O)OCC)=C1NC(=O)NC(=O)N1. The standard InChI is InChI=1S/C10H13N3O6/c1-3-18-7(14)5(8(15)19-4-2)6-11-9(16)13-10(17)12-6/h3-4H2,1-2H3,(H3,11,12,13,16,17). The van der Waals surface area contributed by atoms with Crippen LogP contribution in [0.4, 0.5) is 9.59 Å². The normalized spacial score (nSPS) is 13.9. The zero-order chi connectivity index (χ0) is 14.4. The lowest BCUT2D eigenvalue weighted by molar-refractivity contribution is -0.146. The van der Waals surface area contributed by atoms with Gasteiger partial charge in [0, 0.05) is 0 Å². The van der Waals surface area contributed by atoms with Gasteiger partial charge in [0.05, 0.1) is 13.2 Å². The third-order valence-electron chi connectivity index (χ3n) is 1.91. The molecule has 0 aromatic carbocycles. The lowest BCUT2D eigenvalue weighted by Crippen LogP contribution is -2.55. The molecule has 1 rings (SSSR count). The molecule has 1 saturated heterocycles. The lowest BCUT2D eigenvalue weighted by atomic mass is 10.2. The number of imide groups is 1. The minimum absolute atomic E-state index is 0.0230. The zero-order valence-electron chi connectivity index (χ0n) is 10.4. The van der Waals surface area contributed by atoms with Crippen molar-refractivity contribution in [3.05, 3.63) is 11.4 Å². The van der Waals surface area contributed by atoms with Gasteiger partial charge in [0.15, 0.2) is 5.57 Å². The van der Waals surface area contributed by atoms with Gasteiger partial charge in [-0.2, -0.15) is 0 Å². The molecule has 1 heterocycles. The number of urea groups is 2. The van der Waals surface area contributed by atoms with E-state index in [0.717, 1.165) is 0 Å². The van der Waals surface area contributed by atoms with E-state index in [1.165, 1.54) is 0 Å². The van der Waals surface area contributed by atoms with E-state index in [1.807, 2.05) is 5.32 Å². The molecule has 0 aromatic rings. The molecular formula is C10H13N3O6. The molecular weight excluding hydrogens is 258 g/mol. The van der Waals surface area contributed by atoms with Crippen LogP contribution in [0.1, 0.15) is 13.8 Å². The Morgan fingerprint density at radius 1 is 0.895 bits per heavy atom. The molecule has 0 saturated carbocycles. The summed E-state index contributed by atoms with van der Waals surface area (Å²) in [6, 6.07) is -1.74. The van der Waals surface area contributed by atoms with Crippen LogP contribution in [0.25, 0.3) is 0 Å². The minimum atomic E-state index is -1.00. The second-order valence-corrected chi connectivity index (χ2v) is 3.22. The van der Waals surface area contributed by atoms with Crippen molar-refractivity contribution in [1.82, 2.24) is 16.0 Å². The number of carbonyl (C=O) groups is 4. The molecule has 4 amide bonds. The van der Waals surface area contributed by atoms with Crippen LogP contribution in [-0.4, -0.2) is 37.2 Å². The van der Waals surface area contributed by atoms with Gasteiger partial charge in [-0.25, -0.2) is 19.2 Å². The molecule has 0 aromatic heterocycles. The number of amides is 4. The Hall–Kier alpha value is -2.58. The number of esters is 2. The summed E-state index contributed by atoms with van der Waals surface area (Å²) in [5, 5.41) is 6.11. The maximum atomic E-state index is 11.7. The highest BCUT2D eigenvalue weighted by molar-refractivity contribution is 6.16. The van der Waals surface area contributed by atoms with E-state index in [1.54, 1.807) is 13.8 Å². The largest absolute Gasteiger partial charge is 0.462 e. The van der Waals surface area contributed by atoms with E-state index in [4.69, 9.17) is 0 Å². The Balaban J connectivity index is 3.12. The van der Waals surface area contributed by atoms with E-state index in [-0.39, 0.29) is 19.0 Å². The van der Waals surface area contributed by atoms with Crippen LogP contribution in [0.3, 0.4) is 0 Å². The highest BCUT2D eigenvalue weighted by Crippen LogP contribution is 2.07. The Labute approximate surface area is 108 Å². The van der Waals surface area contributed by atoms with Crippen LogP contribution in [0.15, 0.2) is 11.4 Å². The van der Waals surface area contributed by atoms with Gasteiger partial charge in [-0.15, -0.1) is 0 Å². The maximum Gasteiger partial charge on any atom is 0.349 e. The Morgan fingerprint density at radius 2 is 1.32 bits per heavy atom. The van der Waals surface area contributed by atoms with Crippen molar-refractivity contribution in [3.63, 3.8) is 0 Å². The molecule has 1 aliphatic heterocycles. The van der Waals surface area contributed by atoms with Crippen molar-refractivity contribution in [2.45, 2.75) is 13.8 Å². The average Bonchev–Trinajstić information content (AvgIpc) is 2.28. The number of rotatable bonds is 4. The van der Waals surface area contributed by atoms with E-state index in [9.17, 15) is 19.2 Å². The predicted molar refractivity (Wildman–Crippen MR) is 60.5 cm³/mol. The first-order valence-corrected chi connectivity index (χ1v) is 5.47. The number of ether oxygens (including phenoxy) is 2. The molecule has 9 nitrogen and oxygen atoms in total. The van der Waals surface area contributed by atoms with Crippen LogP contribution in [-0.2, 0) is 19.1 Å². The second-order valence-electron chi connectivity index (χ2n) is 3.22. The van der Waals surface area contributed by atoms with Crippen molar-refractivity contribution in [1.29, 1.82) is 0 Å². The average molecular weight is 271 g/mol. The van der Waals surface area contributed by atoms with Gasteiger partial charge in [0.1, 0.15) is 5.82 Å². The molecule has 9 heteroatoms. The first-order chi connectivity index (χ1) is 8.99. The zero-order valence-corrected chi connectivity index (χ0v) is 10.4. The van der Waals surface area contributed by atoms with Gasteiger partial charge in [-0.05, 0) is 13.8 Å². The summed E-state index contributed by atoms with van der Waals surface area (Å²) >= 11 is 0. The monoisotopic (exact) mass is 271 g/mol. The first-order valence-electron chi connectivity index (χ1n) is 5.47. The summed E-state index contributed by atoms with van der Waals surface area (Å²) in [6.07, 6.45) is 0. The molecule has 3 N–H and O–H groups in total. The number of hydrogen-bond donors (Lipinski definition) is 3. The van der Waals surface area contributed by atoms with Crippen LogP contribution in [0.5, 0.6) is 0 Å². The fourth-order valence-corrected chi connectivity index (χ4v) is 1.24. The van der Waals surface area contributed by atoms with Crippen molar-refractivity contribution in [2.75, 3.05) is 13.2 Å². The van der Waals surface area contributed by atoms with Gasteiger partial charge in [0.2, 0.25) is 0 Å². The van der Waals surface area contributed by atoms with Gasteiger partial charge in [0.25, 0.3) is 0 Å². The molecule has 1 fully saturated rings. The highest BCUT2D eigenvalue weighted by Gasteiger charge is 2.31. The highest BCUT2D eigenvalue weighted by atomic mass is 16.6. The van der Waals surface area contributed by atoms with Crippen molar-refractivity contribution >= 4 is 24.0 Å². The van der Waals surface area contributed by atoms with Gasteiger partial charge in [-0.3, -0.25) is 16.0 Å². The van der Waals surface area contributed by atoms with Crippen molar-refractivity contribution in [2.24, 2.45) is 0 Å². The Bertz CT molecular complexity index is 418. The molecule has 0 bridgehead atoms. The van der Waals surface area contributed by atoms with Crippen molar-refractivity contribution < 1.29 is 28.7 Å². The number of nitrogens with one attached hydrogen (secondary N) is 3. The summed E-state index contributed by atoms with van der Waals surface area (Å²) in [5.41, 5.74) is -0.577. The number of carbonyl (C=O) groups excluding carboxylic acids is 4. The van der Waals surface area contributed by atoms with Crippen LogP contribution in [0, 0.1) is 0 Å². The molecule has 104 valence electrons. The van der Waals surface area contributed by atoms with Crippen LogP contribution in [0.2, 0.25) is 0 Å². The smallest absolute Gasteiger partial charge is 0.349 e. The van der Waals surface area contributed by atoms with E-state index in [0.29, 0.717) is 0 Å². The Morgan fingerprint density at radius 3 is 1.68 bits per heavy atom. The summed E-state index contributed by atoms with van der Waals surface area (Å²) in [7, 11) is 0. The summed E-state index contributed by atoms with van der Waals surface area (Å²) in [5.74, 6) is -2.37. The fraction of sp³-hybridized carbons (Fsp3) is 0.400. The number of hydrogen-bond acceptors (Lipinski definition) is 6. The van der Waals surface area contributed by atoms with Crippen LogP contribution >= 0.6 is 0 Å². The lowest BCUT2D eigenvalue weighted by Gasteiger charge is -2.19. The fourth-order valence-electron chi connectivity index (χ4n) is 1.24. The molecule has 0 atom stereocenters. The Kier molecular flexibility index (Phi) is 4.86. The first kappa shape index (κ1) is 14.5. The third kappa shape index (κ3) is 3.69. The molecule has 0 unspecified atom stereocenters. The maximum absolute atomic E-state index is 11.7. The van der Waals surface area contributed by atoms with E-state index >= 15 is 0 Å². The van der Waals surface area contributed by atoms with Gasteiger partial charge in [-0.1, -0.05) is 0 Å². The predicted octanol–water partition coefficient (Wildman–Crippen LogP) is -0.653.